The molecule has 1 aromatic rings. The predicted octanol–water partition coefficient (Wildman–Crippen LogP) is -0.505. The molecule has 2 heterocycles. The maximum absolute atomic E-state index is 14.6. The van der Waals surface area contributed by atoms with Crippen LogP contribution >= 0.6 is 0 Å². The van der Waals surface area contributed by atoms with Gasteiger partial charge in [-0.1, -0.05) is 0 Å². The summed E-state index contributed by atoms with van der Waals surface area (Å²) in [6.07, 6.45) is -2.89. The van der Waals surface area contributed by atoms with Crippen LogP contribution in [0.5, 0.6) is 0 Å². The summed E-state index contributed by atoms with van der Waals surface area (Å²) < 4.78 is 31.4. The van der Waals surface area contributed by atoms with Crippen molar-refractivity contribution in [2.24, 2.45) is 0 Å². The summed E-state index contributed by atoms with van der Waals surface area (Å²) in [6.45, 7) is 0.451. The summed E-state index contributed by atoms with van der Waals surface area (Å²) in [5.74, 6) is 0. The fourth-order valence-electron chi connectivity index (χ4n) is 2.67. The Morgan fingerprint density at radius 2 is 2.09 bits per heavy atom. The van der Waals surface area contributed by atoms with E-state index < -0.39 is 35.9 Å². The Hall–Kier alpha value is -1.55. The number of ether oxygens (including phenoxy) is 3. The molecule has 0 amide bonds. The normalized spacial score (nSPS) is 27.7. The smallest absolute Gasteiger partial charge is 0.330 e. The third kappa shape index (κ3) is 3.69. The van der Waals surface area contributed by atoms with E-state index in [0.717, 1.165) is 4.57 Å². The summed E-state index contributed by atoms with van der Waals surface area (Å²) >= 11 is 0. The molecule has 130 valence electrons. The van der Waals surface area contributed by atoms with Crippen LogP contribution in [0.1, 0.15) is 11.8 Å². The molecule has 1 aliphatic rings. The molecule has 1 N–H and O–H groups in total. The number of hydrogen-bond donors (Lipinski definition) is 1. The summed E-state index contributed by atoms with van der Waals surface area (Å²) in [6, 6.07) is 0. The van der Waals surface area contributed by atoms with Crippen LogP contribution in [0.3, 0.4) is 0 Å². The highest BCUT2D eigenvalue weighted by Crippen LogP contribution is 2.32. The average Bonchev–Trinajstić information content (AvgIpc) is 2.78. The number of halogens is 1. The molecule has 1 aromatic heterocycles. The fourth-order valence-corrected chi connectivity index (χ4v) is 2.67. The van der Waals surface area contributed by atoms with Gasteiger partial charge in [0.25, 0.3) is 5.56 Å². The quantitative estimate of drug-likeness (QED) is 0.756. The SMILES string of the molecule is COC[C@H]1O[C@@H](n2cc(CN(C)C)c(=O)[nH]c2=O)C(F)[C@@H]1OC. The molecule has 4 atom stereocenters. The van der Waals surface area contributed by atoms with Gasteiger partial charge < -0.3 is 19.1 Å². The lowest BCUT2D eigenvalue weighted by atomic mass is 10.1. The average molecular weight is 331 g/mol. The van der Waals surface area contributed by atoms with Crippen molar-refractivity contribution in [1.29, 1.82) is 0 Å². The van der Waals surface area contributed by atoms with Crippen LogP contribution in [0.4, 0.5) is 4.39 Å². The van der Waals surface area contributed by atoms with Crippen molar-refractivity contribution in [2.45, 2.75) is 31.2 Å². The van der Waals surface area contributed by atoms with Crippen molar-refractivity contribution >= 4 is 0 Å². The Balaban J connectivity index is 2.37. The molecule has 8 nitrogen and oxygen atoms in total. The van der Waals surface area contributed by atoms with Gasteiger partial charge in [0, 0.05) is 32.5 Å². The summed E-state index contributed by atoms with van der Waals surface area (Å²) in [5.41, 5.74) is -0.877. The monoisotopic (exact) mass is 331 g/mol. The molecular weight excluding hydrogens is 309 g/mol. The first-order valence-corrected chi connectivity index (χ1v) is 7.19. The largest absolute Gasteiger partial charge is 0.382 e. The number of alkyl halides is 1. The van der Waals surface area contributed by atoms with Gasteiger partial charge in [0.15, 0.2) is 12.4 Å². The van der Waals surface area contributed by atoms with Crippen molar-refractivity contribution in [3.05, 3.63) is 32.6 Å². The molecule has 0 radical (unpaired) electrons. The van der Waals surface area contributed by atoms with Crippen LogP contribution in [0, 0.1) is 0 Å². The zero-order chi connectivity index (χ0) is 17.1. The standard InChI is InChI=1S/C14H22FN3O5/c1-17(2)5-8-6-18(14(20)16-12(8)19)13-10(15)11(22-4)9(23-13)7-21-3/h6,9-11,13H,5,7H2,1-4H3,(H,16,19,20)/t9-,10?,11-,13-/m1/s1. The van der Waals surface area contributed by atoms with Crippen molar-refractivity contribution in [3.63, 3.8) is 0 Å². The Bertz CT molecular complexity index is 644. The van der Waals surface area contributed by atoms with Gasteiger partial charge in [-0.05, 0) is 14.1 Å². The lowest BCUT2D eigenvalue weighted by Crippen LogP contribution is -2.38. The number of nitrogens with zero attached hydrogens (tertiary/aromatic N) is 2. The van der Waals surface area contributed by atoms with Gasteiger partial charge in [-0.25, -0.2) is 9.18 Å². The lowest BCUT2D eigenvalue weighted by molar-refractivity contribution is -0.0626. The van der Waals surface area contributed by atoms with Crippen molar-refractivity contribution in [1.82, 2.24) is 14.5 Å². The van der Waals surface area contributed by atoms with Crippen LogP contribution in [0.25, 0.3) is 0 Å². The highest BCUT2D eigenvalue weighted by Gasteiger charge is 2.46. The summed E-state index contributed by atoms with van der Waals surface area (Å²) in [4.78, 5) is 27.8. The Labute approximate surface area is 132 Å². The fraction of sp³-hybridized carbons (Fsp3) is 0.714. The van der Waals surface area contributed by atoms with Gasteiger partial charge in [-0.15, -0.1) is 0 Å². The Morgan fingerprint density at radius 1 is 1.39 bits per heavy atom. The molecule has 0 bridgehead atoms. The van der Waals surface area contributed by atoms with E-state index in [1.165, 1.54) is 20.4 Å². The van der Waals surface area contributed by atoms with E-state index in [9.17, 15) is 14.0 Å². The van der Waals surface area contributed by atoms with Gasteiger partial charge in [-0.2, -0.15) is 0 Å². The van der Waals surface area contributed by atoms with Crippen molar-refractivity contribution in [3.8, 4) is 0 Å². The summed E-state index contributed by atoms with van der Waals surface area (Å²) in [5, 5.41) is 0. The first kappa shape index (κ1) is 17.8. The van der Waals surface area contributed by atoms with Crippen molar-refractivity contribution < 1.29 is 18.6 Å². The molecule has 23 heavy (non-hydrogen) atoms. The summed E-state index contributed by atoms with van der Waals surface area (Å²) in [7, 11) is 6.42. The van der Waals surface area contributed by atoms with Gasteiger partial charge >= 0.3 is 5.69 Å². The van der Waals surface area contributed by atoms with E-state index >= 15 is 0 Å². The van der Waals surface area contributed by atoms with Gasteiger partial charge in [0.1, 0.15) is 12.2 Å². The molecule has 0 spiro atoms. The van der Waals surface area contributed by atoms with Crippen LogP contribution in [0.2, 0.25) is 0 Å². The molecule has 1 aliphatic heterocycles. The minimum absolute atomic E-state index is 0.137. The number of rotatable bonds is 6. The highest BCUT2D eigenvalue weighted by molar-refractivity contribution is 5.06. The third-order valence-electron chi connectivity index (χ3n) is 3.67. The molecule has 1 unspecified atom stereocenters. The highest BCUT2D eigenvalue weighted by atomic mass is 19.1. The zero-order valence-corrected chi connectivity index (χ0v) is 13.6. The molecule has 0 saturated carbocycles. The van der Waals surface area contributed by atoms with E-state index in [-0.39, 0.29) is 6.61 Å². The Morgan fingerprint density at radius 3 is 2.65 bits per heavy atom. The maximum atomic E-state index is 14.6. The van der Waals surface area contributed by atoms with Gasteiger partial charge in [0.2, 0.25) is 0 Å². The first-order valence-electron chi connectivity index (χ1n) is 7.19. The molecule has 0 aliphatic carbocycles. The number of aromatic amines is 1. The first-order chi connectivity index (χ1) is 10.9. The number of nitrogens with one attached hydrogen (secondary N) is 1. The van der Waals surface area contributed by atoms with Crippen molar-refractivity contribution in [2.75, 3.05) is 34.9 Å². The van der Waals surface area contributed by atoms with Crippen LogP contribution in [-0.2, 0) is 20.8 Å². The second-order valence-corrected chi connectivity index (χ2v) is 5.72. The van der Waals surface area contributed by atoms with E-state index in [4.69, 9.17) is 14.2 Å². The number of H-pyrrole nitrogens is 1. The number of methoxy groups -OCH3 is 2. The van der Waals surface area contributed by atoms with E-state index in [1.807, 2.05) is 0 Å². The predicted molar refractivity (Wildman–Crippen MR) is 80.2 cm³/mol. The van der Waals surface area contributed by atoms with E-state index in [0.29, 0.717) is 12.1 Å². The third-order valence-corrected chi connectivity index (χ3v) is 3.67. The van der Waals surface area contributed by atoms with Crippen LogP contribution in [-0.4, -0.2) is 67.8 Å². The number of aromatic nitrogens is 2. The second-order valence-electron chi connectivity index (χ2n) is 5.72. The van der Waals surface area contributed by atoms with Crippen LogP contribution in [0.15, 0.2) is 15.8 Å². The molecule has 0 aromatic carbocycles. The second kappa shape index (κ2) is 7.35. The Kier molecular flexibility index (Phi) is 5.69. The minimum Gasteiger partial charge on any atom is -0.382 e. The van der Waals surface area contributed by atoms with Gasteiger partial charge in [0.05, 0.1) is 6.61 Å². The number of hydrogen-bond acceptors (Lipinski definition) is 6. The zero-order valence-electron chi connectivity index (χ0n) is 13.6. The molecule has 1 saturated heterocycles. The molecule has 9 heteroatoms. The van der Waals surface area contributed by atoms with Gasteiger partial charge in [-0.3, -0.25) is 14.3 Å². The van der Waals surface area contributed by atoms with E-state index in [1.54, 1.807) is 19.0 Å². The van der Waals surface area contributed by atoms with Crippen LogP contribution < -0.4 is 11.2 Å². The van der Waals surface area contributed by atoms with E-state index in [2.05, 4.69) is 4.98 Å². The molecule has 2 rings (SSSR count). The molecule has 1 fully saturated rings. The molecular formula is C14H22FN3O5. The lowest BCUT2D eigenvalue weighted by Gasteiger charge is -2.18. The topological polar surface area (TPSA) is 85.8 Å². The minimum atomic E-state index is -1.56. The maximum Gasteiger partial charge on any atom is 0.330 e.